The van der Waals surface area contributed by atoms with Crippen molar-refractivity contribution in [2.75, 3.05) is 0 Å². The highest BCUT2D eigenvalue weighted by molar-refractivity contribution is 5.92. The maximum atomic E-state index is 12.2. The van der Waals surface area contributed by atoms with Crippen LogP contribution in [0.2, 0.25) is 0 Å². The van der Waals surface area contributed by atoms with Gasteiger partial charge in [0.05, 0.1) is 23.1 Å². The number of hydrogen-bond donors (Lipinski definition) is 1. The average Bonchev–Trinajstić information content (AvgIpc) is 2.76. The largest absolute Gasteiger partial charge is 0.423 e. The minimum atomic E-state index is -0.700. The van der Waals surface area contributed by atoms with Gasteiger partial charge in [0.1, 0.15) is 5.75 Å². The first-order valence-electron chi connectivity index (χ1n) is 9.35. The first-order valence-corrected chi connectivity index (χ1v) is 9.35. The van der Waals surface area contributed by atoms with Crippen LogP contribution < -0.4 is 10.2 Å². The third kappa shape index (κ3) is 6.33. The number of non-ortho nitro benzene ring substituents is 1. The molecular formula is C23H19N3O5. The number of nitrogens with one attached hydrogen (secondary N) is 1. The van der Waals surface area contributed by atoms with Gasteiger partial charge >= 0.3 is 5.97 Å². The summed E-state index contributed by atoms with van der Waals surface area (Å²) < 4.78 is 5.23. The van der Waals surface area contributed by atoms with E-state index in [0.29, 0.717) is 5.56 Å². The summed E-state index contributed by atoms with van der Waals surface area (Å²) in [5.41, 5.74) is 5.07. The Kier molecular flexibility index (Phi) is 6.85. The van der Waals surface area contributed by atoms with Crippen LogP contribution in [0.4, 0.5) is 5.69 Å². The molecule has 156 valence electrons. The molecule has 0 aliphatic heterocycles. The molecule has 0 radical (unpaired) electrons. The zero-order valence-corrected chi connectivity index (χ0v) is 16.6. The van der Waals surface area contributed by atoms with Gasteiger partial charge in [-0.25, -0.2) is 10.2 Å². The second-order valence-corrected chi connectivity index (χ2v) is 6.72. The third-order valence-electron chi connectivity index (χ3n) is 4.27. The number of benzene rings is 3. The molecule has 3 aromatic carbocycles. The third-order valence-corrected chi connectivity index (χ3v) is 4.27. The van der Waals surface area contributed by atoms with Crippen molar-refractivity contribution < 1.29 is 19.2 Å². The first-order chi connectivity index (χ1) is 14.9. The van der Waals surface area contributed by atoms with E-state index in [-0.39, 0.29) is 29.3 Å². The highest BCUT2D eigenvalue weighted by Gasteiger charge is 2.13. The van der Waals surface area contributed by atoms with E-state index >= 15 is 0 Å². The molecule has 1 amide bonds. The van der Waals surface area contributed by atoms with Crippen molar-refractivity contribution in [3.63, 3.8) is 0 Å². The van der Waals surface area contributed by atoms with Crippen LogP contribution in [0, 0.1) is 17.0 Å². The predicted molar refractivity (Wildman–Crippen MR) is 115 cm³/mol. The number of nitro groups is 1. The Morgan fingerprint density at radius 2 is 1.77 bits per heavy atom. The van der Waals surface area contributed by atoms with Gasteiger partial charge in [0, 0.05) is 12.1 Å². The quantitative estimate of drug-likeness (QED) is 0.207. The summed E-state index contributed by atoms with van der Waals surface area (Å²) in [5.74, 6) is -0.659. The van der Waals surface area contributed by atoms with Gasteiger partial charge in [-0.3, -0.25) is 14.9 Å². The van der Waals surface area contributed by atoms with Gasteiger partial charge in [-0.15, -0.1) is 0 Å². The number of nitrogens with zero attached hydrogens (tertiary/aromatic N) is 2. The molecule has 8 nitrogen and oxygen atoms in total. The Morgan fingerprint density at radius 1 is 1.06 bits per heavy atom. The van der Waals surface area contributed by atoms with Crippen LogP contribution >= 0.6 is 0 Å². The molecule has 0 aliphatic rings. The molecule has 0 aromatic heterocycles. The molecule has 0 saturated heterocycles. The summed E-state index contributed by atoms with van der Waals surface area (Å²) in [7, 11) is 0. The Labute approximate surface area is 178 Å². The van der Waals surface area contributed by atoms with E-state index < -0.39 is 10.9 Å². The van der Waals surface area contributed by atoms with Crippen LogP contribution in [0.1, 0.15) is 27.0 Å². The number of amides is 1. The smallest absolute Gasteiger partial charge is 0.343 e. The molecule has 31 heavy (non-hydrogen) atoms. The summed E-state index contributed by atoms with van der Waals surface area (Å²) in [6, 6.07) is 19.4. The summed E-state index contributed by atoms with van der Waals surface area (Å²) >= 11 is 0. The van der Waals surface area contributed by atoms with Gasteiger partial charge < -0.3 is 4.74 Å². The number of carbonyl (C=O) groups excluding carboxylic acids is 2. The molecule has 0 bridgehead atoms. The van der Waals surface area contributed by atoms with Crippen molar-refractivity contribution >= 4 is 23.8 Å². The van der Waals surface area contributed by atoms with E-state index in [2.05, 4.69) is 10.5 Å². The SMILES string of the molecule is Cc1ccc(CC(=O)NN=Cc2ccc(OC(=O)c3cccc([N+](=O)[O-])c3)cc2)cc1. The minimum absolute atomic E-state index is 0.0797. The van der Waals surface area contributed by atoms with Crippen LogP contribution in [0.25, 0.3) is 0 Å². The fourth-order valence-corrected chi connectivity index (χ4v) is 2.64. The lowest BCUT2D eigenvalue weighted by molar-refractivity contribution is -0.384. The first kappa shape index (κ1) is 21.4. The Bertz CT molecular complexity index is 1120. The van der Waals surface area contributed by atoms with Gasteiger partial charge in [-0.05, 0) is 48.4 Å². The number of rotatable bonds is 7. The molecule has 3 rings (SSSR count). The molecule has 0 spiro atoms. The summed E-state index contributed by atoms with van der Waals surface area (Å²) in [5, 5.41) is 14.7. The van der Waals surface area contributed by atoms with Gasteiger partial charge in [-0.2, -0.15) is 5.10 Å². The van der Waals surface area contributed by atoms with Crippen LogP contribution in [0.5, 0.6) is 5.75 Å². The van der Waals surface area contributed by atoms with Gasteiger partial charge in [0.2, 0.25) is 5.91 Å². The molecule has 0 heterocycles. The zero-order chi connectivity index (χ0) is 22.2. The van der Waals surface area contributed by atoms with Crippen molar-refractivity contribution in [2.45, 2.75) is 13.3 Å². The number of ether oxygens (including phenoxy) is 1. The fourth-order valence-electron chi connectivity index (χ4n) is 2.64. The lowest BCUT2D eigenvalue weighted by Gasteiger charge is -2.05. The van der Waals surface area contributed by atoms with Crippen LogP contribution in [-0.2, 0) is 11.2 Å². The van der Waals surface area contributed by atoms with Gasteiger partial charge in [0.25, 0.3) is 5.69 Å². The maximum absolute atomic E-state index is 12.2. The van der Waals surface area contributed by atoms with E-state index in [9.17, 15) is 19.7 Å². The highest BCUT2D eigenvalue weighted by atomic mass is 16.6. The monoisotopic (exact) mass is 417 g/mol. The van der Waals surface area contributed by atoms with Crippen molar-refractivity contribution in [1.29, 1.82) is 0 Å². The standard InChI is InChI=1S/C23H19N3O5/c1-16-5-7-17(8-6-16)13-22(27)25-24-15-18-9-11-21(12-10-18)31-23(28)19-3-2-4-20(14-19)26(29)30/h2-12,14-15H,13H2,1H3,(H,25,27). The molecule has 0 saturated carbocycles. The molecule has 0 atom stereocenters. The number of esters is 1. The molecule has 0 aliphatic carbocycles. The average molecular weight is 417 g/mol. The van der Waals surface area contributed by atoms with E-state index in [1.54, 1.807) is 24.3 Å². The fraction of sp³-hybridized carbons (Fsp3) is 0.0870. The lowest BCUT2D eigenvalue weighted by atomic mass is 10.1. The molecular weight excluding hydrogens is 398 g/mol. The molecule has 1 N–H and O–H groups in total. The van der Waals surface area contributed by atoms with E-state index in [4.69, 9.17) is 4.74 Å². The van der Waals surface area contributed by atoms with E-state index in [1.165, 1.54) is 24.4 Å². The lowest BCUT2D eigenvalue weighted by Crippen LogP contribution is -2.19. The second-order valence-electron chi connectivity index (χ2n) is 6.72. The number of aryl methyl sites for hydroxylation is 1. The summed E-state index contributed by atoms with van der Waals surface area (Å²) in [6.45, 7) is 1.98. The summed E-state index contributed by atoms with van der Waals surface area (Å²) in [6.07, 6.45) is 1.70. The molecule has 8 heteroatoms. The van der Waals surface area contributed by atoms with Crippen LogP contribution in [0.15, 0.2) is 77.9 Å². The van der Waals surface area contributed by atoms with Gasteiger partial charge in [-0.1, -0.05) is 35.9 Å². The number of hydrogen-bond acceptors (Lipinski definition) is 6. The highest BCUT2D eigenvalue weighted by Crippen LogP contribution is 2.17. The minimum Gasteiger partial charge on any atom is -0.423 e. The van der Waals surface area contributed by atoms with Crippen molar-refractivity contribution in [3.05, 3.63) is 105 Å². The van der Waals surface area contributed by atoms with Crippen molar-refractivity contribution in [3.8, 4) is 5.75 Å². The van der Waals surface area contributed by atoms with Crippen molar-refractivity contribution in [1.82, 2.24) is 5.43 Å². The number of nitro benzene ring substituents is 1. The predicted octanol–water partition coefficient (Wildman–Crippen LogP) is 3.82. The summed E-state index contributed by atoms with van der Waals surface area (Å²) in [4.78, 5) is 34.3. The Hall–Kier alpha value is -4.33. The second kappa shape index (κ2) is 9.93. The van der Waals surface area contributed by atoms with Gasteiger partial charge in [0.15, 0.2) is 0 Å². The normalized spacial score (nSPS) is 10.6. The molecule has 3 aromatic rings. The topological polar surface area (TPSA) is 111 Å². The van der Waals surface area contributed by atoms with Crippen molar-refractivity contribution in [2.24, 2.45) is 5.10 Å². The number of hydrazone groups is 1. The zero-order valence-electron chi connectivity index (χ0n) is 16.6. The molecule has 0 fully saturated rings. The maximum Gasteiger partial charge on any atom is 0.343 e. The van der Waals surface area contributed by atoms with Crippen LogP contribution in [0.3, 0.4) is 0 Å². The van der Waals surface area contributed by atoms with E-state index in [1.807, 2.05) is 31.2 Å². The van der Waals surface area contributed by atoms with E-state index in [0.717, 1.165) is 17.2 Å². The Balaban J connectivity index is 1.53. The van der Waals surface area contributed by atoms with Crippen LogP contribution in [-0.4, -0.2) is 23.0 Å². The Morgan fingerprint density at radius 3 is 2.45 bits per heavy atom. The molecule has 0 unspecified atom stereocenters. The number of carbonyl (C=O) groups is 2.